The number of benzene rings is 1. The van der Waals surface area contributed by atoms with Crippen LogP contribution in [0.2, 0.25) is 0 Å². The van der Waals surface area contributed by atoms with Crippen LogP contribution in [0.25, 0.3) is 0 Å². The molecule has 4 rings (SSSR count). The van der Waals surface area contributed by atoms with Crippen molar-refractivity contribution >= 4 is 46.7 Å². The highest BCUT2D eigenvalue weighted by Gasteiger charge is 2.19. The summed E-state index contributed by atoms with van der Waals surface area (Å²) in [5.74, 6) is 2.09. The molecular formula is C22H30IN7O. The van der Waals surface area contributed by atoms with Crippen molar-refractivity contribution in [2.45, 2.75) is 51.4 Å². The molecule has 2 saturated heterocycles. The summed E-state index contributed by atoms with van der Waals surface area (Å²) in [5, 5.41) is 14.3. The lowest BCUT2D eigenvalue weighted by Gasteiger charge is -2.24. The third-order valence-electron chi connectivity index (χ3n) is 5.75. The van der Waals surface area contributed by atoms with E-state index in [2.05, 4.69) is 52.9 Å². The molecule has 0 atom stereocenters. The normalized spacial score (nSPS) is 18.1. The van der Waals surface area contributed by atoms with Gasteiger partial charge < -0.3 is 14.9 Å². The molecule has 0 aliphatic carbocycles. The summed E-state index contributed by atoms with van der Waals surface area (Å²) in [6.07, 6.45) is 11.3. The summed E-state index contributed by atoms with van der Waals surface area (Å²) in [7, 11) is 0. The van der Waals surface area contributed by atoms with E-state index >= 15 is 0 Å². The number of aromatic nitrogens is 3. The molecule has 0 bridgehead atoms. The second kappa shape index (κ2) is 10.9. The monoisotopic (exact) mass is 535 g/mol. The molecule has 0 unspecified atom stereocenters. The largest absolute Gasteiger partial charge is 0.507 e. The molecule has 2 fully saturated rings. The van der Waals surface area contributed by atoms with Gasteiger partial charge >= 0.3 is 0 Å². The minimum Gasteiger partial charge on any atom is -0.507 e. The Morgan fingerprint density at radius 2 is 1.39 bits per heavy atom. The predicted molar refractivity (Wildman–Crippen MR) is 133 cm³/mol. The van der Waals surface area contributed by atoms with Crippen LogP contribution in [-0.4, -0.2) is 52.5 Å². The number of hydrazone groups is 1. The van der Waals surface area contributed by atoms with Gasteiger partial charge in [0, 0.05) is 35.3 Å². The molecule has 1 aromatic carbocycles. The molecule has 0 spiro atoms. The first-order chi connectivity index (χ1) is 15.2. The van der Waals surface area contributed by atoms with Crippen LogP contribution >= 0.6 is 22.6 Å². The standard InChI is InChI=1S/C22H30IN7O/c23-18-9-10-19(31)17(15-18)16-24-28-20-25-21(29-11-5-1-2-6-12-29)27-22(26-20)30-13-7-3-4-8-14-30/h9-10,15-16,31H,1-8,11-14H2,(H,25,26,27,28)/b24-16+. The second-order valence-corrected chi connectivity index (χ2v) is 9.38. The van der Waals surface area contributed by atoms with Crippen LogP contribution in [0.5, 0.6) is 5.75 Å². The molecule has 2 N–H and O–H groups in total. The Bertz CT molecular complexity index is 853. The molecular weight excluding hydrogens is 505 g/mol. The van der Waals surface area contributed by atoms with Gasteiger partial charge in [-0.25, -0.2) is 5.43 Å². The molecule has 3 heterocycles. The Morgan fingerprint density at radius 3 is 1.94 bits per heavy atom. The van der Waals surface area contributed by atoms with Crippen LogP contribution in [0.4, 0.5) is 17.8 Å². The van der Waals surface area contributed by atoms with Crippen LogP contribution in [0.1, 0.15) is 56.9 Å². The molecule has 2 aliphatic rings. The SMILES string of the molecule is Oc1ccc(I)cc1/C=N/Nc1nc(N2CCCCCC2)nc(N2CCCCCC2)n1. The highest BCUT2D eigenvalue weighted by atomic mass is 127. The summed E-state index contributed by atoms with van der Waals surface area (Å²) >= 11 is 2.21. The lowest BCUT2D eigenvalue weighted by Crippen LogP contribution is -2.30. The highest BCUT2D eigenvalue weighted by molar-refractivity contribution is 14.1. The van der Waals surface area contributed by atoms with Crippen molar-refractivity contribution in [1.29, 1.82) is 0 Å². The van der Waals surface area contributed by atoms with Crippen molar-refractivity contribution < 1.29 is 5.11 Å². The topological polar surface area (TPSA) is 89.8 Å². The van der Waals surface area contributed by atoms with Crippen molar-refractivity contribution in [1.82, 2.24) is 15.0 Å². The number of hydrogen-bond donors (Lipinski definition) is 2. The van der Waals surface area contributed by atoms with E-state index in [1.54, 1.807) is 12.3 Å². The quantitative estimate of drug-likeness (QED) is 0.334. The van der Waals surface area contributed by atoms with Gasteiger partial charge in [-0.05, 0) is 66.5 Å². The molecule has 0 amide bonds. The van der Waals surface area contributed by atoms with Crippen molar-refractivity contribution in [3.8, 4) is 5.75 Å². The minimum absolute atomic E-state index is 0.192. The first-order valence-corrected chi connectivity index (χ1v) is 12.3. The molecule has 9 heteroatoms. The van der Waals surface area contributed by atoms with E-state index in [1.165, 1.54) is 25.7 Å². The van der Waals surface area contributed by atoms with Crippen molar-refractivity contribution in [2.75, 3.05) is 41.4 Å². The summed E-state index contributed by atoms with van der Waals surface area (Å²) in [6, 6.07) is 5.40. The first-order valence-electron chi connectivity index (χ1n) is 11.2. The summed E-state index contributed by atoms with van der Waals surface area (Å²) in [6.45, 7) is 3.90. The van der Waals surface area contributed by atoms with Gasteiger partial charge in [0.1, 0.15) is 5.75 Å². The van der Waals surface area contributed by atoms with Crippen LogP contribution < -0.4 is 15.2 Å². The smallest absolute Gasteiger partial charge is 0.250 e. The average molecular weight is 535 g/mol. The number of rotatable bonds is 5. The Kier molecular flexibility index (Phi) is 7.76. The van der Waals surface area contributed by atoms with Crippen LogP contribution in [-0.2, 0) is 0 Å². The second-order valence-electron chi connectivity index (χ2n) is 8.13. The maximum atomic E-state index is 10.0. The van der Waals surface area contributed by atoms with Gasteiger partial charge in [0.25, 0.3) is 0 Å². The molecule has 8 nitrogen and oxygen atoms in total. The van der Waals surface area contributed by atoms with Gasteiger partial charge in [-0.15, -0.1) is 0 Å². The molecule has 2 aliphatic heterocycles. The molecule has 0 radical (unpaired) electrons. The van der Waals surface area contributed by atoms with Crippen LogP contribution in [0.3, 0.4) is 0 Å². The Hall–Kier alpha value is -2.17. The van der Waals surface area contributed by atoms with Gasteiger partial charge in [0.2, 0.25) is 17.8 Å². The average Bonchev–Trinajstić information content (AvgIpc) is 3.21. The fraction of sp³-hybridized carbons (Fsp3) is 0.545. The van der Waals surface area contributed by atoms with Gasteiger partial charge in [0.15, 0.2) is 0 Å². The zero-order valence-corrected chi connectivity index (χ0v) is 20.0. The van der Waals surface area contributed by atoms with Crippen LogP contribution in [0, 0.1) is 3.57 Å². The molecule has 1 aromatic heterocycles. The molecule has 31 heavy (non-hydrogen) atoms. The zero-order valence-electron chi connectivity index (χ0n) is 17.8. The van der Waals surface area contributed by atoms with Gasteiger partial charge in [-0.2, -0.15) is 20.1 Å². The Labute approximate surface area is 197 Å². The van der Waals surface area contributed by atoms with Gasteiger partial charge in [0.05, 0.1) is 6.21 Å². The number of phenolic OH excluding ortho intramolecular Hbond substituents is 1. The lowest BCUT2D eigenvalue weighted by molar-refractivity contribution is 0.474. The Morgan fingerprint density at radius 1 is 0.839 bits per heavy atom. The zero-order chi connectivity index (χ0) is 21.5. The van der Waals surface area contributed by atoms with Crippen molar-refractivity contribution in [3.63, 3.8) is 0 Å². The van der Waals surface area contributed by atoms with Crippen molar-refractivity contribution in [2.24, 2.45) is 5.10 Å². The first kappa shape index (κ1) is 22.0. The predicted octanol–water partition coefficient (Wildman–Crippen LogP) is 4.39. The van der Waals surface area contributed by atoms with Crippen LogP contribution in [0.15, 0.2) is 23.3 Å². The number of nitrogens with zero attached hydrogens (tertiary/aromatic N) is 6. The lowest BCUT2D eigenvalue weighted by atomic mass is 10.2. The fourth-order valence-electron chi connectivity index (χ4n) is 4.02. The third-order valence-corrected chi connectivity index (χ3v) is 6.42. The molecule has 2 aromatic rings. The summed E-state index contributed by atoms with van der Waals surface area (Å²) < 4.78 is 1.03. The van der Waals surface area contributed by atoms with E-state index in [0.29, 0.717) is 11.5 Å². The Balaban J connectivity index is 1.58. The van der Waals surface area contributed by atoms with E-state index < -0.39 is 0 Å². The van der Waals surface area contributed by atoms with Gasteiger partial charge in [-0.1, -0.05) is 25.7 Å². The number of nitrogens with one attached hydrogen (secondary N) is 1. The maximum Gasteiger partial charge on any atom is 0.250 e. The van der Waals surface area contributed by atoms with E-state index in [4.69, 9.17) is 4.98 Å². The van der Waals surface area contributed by atoms with Crippen molar-refractivity contribution in [3.05, 3.63) is 27.3 Å². The summed E-state index contributed by atoms with van der Waals surface area (Å²) in [4.78, 5) is 18.8. The van der Waals surface area contributed by atoms with E-state index in [0.717, 1.165) is 67.3 Å². The number of halogens is 1. The van der Waals surface area contributed by atoms with Gasteiger partial charge in [-0.3, -0.25) is 0 Å². The summed E-state index contributed by atoms with van der Waals surface area (Å²) in [5.41, 5.74) is 3.62. The van der Waals surface area contributed by atoms with E-state index in [9.17, 15) is 5.11 Å². The number of hydrogen-bond acceptors (Lipinski definition) is 8. The highest BCUT2D eigenvalue weighted by Crippen LogP contribution is 2.22. The van der Waals surface area contributed by atoms with E-state index in [1.807, 2.05) is 12.1 Å². The number of aromatic hydroxyl groups is 1. The van der Waals surface area contributed by atoms with E-state index in [-0.39, 0.29) is 5.75 Å². The minimum atomic E-state index is 0.192. The third kappa shape index (κ3) is 6.18. The maximum absolute atomic E-state index is 10.0. The number of phenols is 1. The molecule has 0 saturated carbocycles. The molecule has 166 valence electrons. The fourth-order valence-corrected chi connectivity index (χ4v) is 4.53. The number of anilines is 3.